The number of benzene rings is 1. The summed E-state index contributed by atoms with van der Waals surface area (Å²) >= 11 is 0. The van der Waals surface area contributed by atoms with Crippen molar-refractivity contribution in [2.24, 2.45) is 17.8 Å². The molecule has 0 unspecified atom stereocenters. The van der Waals surface area contributed by atoms with Gasteiger partial charge in [-0.15, -0.1) is 0 Å². The van der Waals surface area contributed by atoms with E-state index < -0.39 is 119 Å². The van der Waals surface area contributed by atoms with Crippen molar-refractivity contribution in [3.05, 3.63) is 45.7 Å². The predicted octanol–water partition coefficient (Wildman–Crippen LogP) is 2.95. The van der Waals surface area contributed by atoms with Gasteiger partial charge >= 0.3 is 17.9 Å². The van der Waals surface area contributed by atoms with Crippen molar-refractivity contribution < 1.29 is 82.2 Å². The number of cyclic esters (lactones) is 1. The first-order chi connectivity index (χ1) is 36.7. The lowest BCUT2D eigenvalue weighted by Gasteiger charge is -2.49. The summed E-state index contributed by atoms with van der Waals surface area (Å²) in [5.41, 5.74) is -4.08. The van der Waals surface area contributed by atoms with Gasteiger partial charge in [0.05, 0.1) is 74.2 Å². The molecule has 0 aliphatic carbocycles. The van der Waals surface area contributed by atoms with Crippen LogP contribution in [0.3, 0.4) is 0 Å². The summed E-state index contributed by atoms with van der Waals surface area (Å²) in [6.45, 7) is 18.0. The van der Waals surface area contributed by atoms with E-state index in [-0.39, 0.29) is 43.4 Å². The van der Waals surface area contributed by atoms with E-state index in [9.17, 15) is 44.4 Å². The molecule has 0 saturated carbocycles. The Kier molecular flexibility index (Phi) is 21.5. The lowest BCUT2D eigenvalue weighted by molar-refractivity contribution is -0.320. The zero-order valence-electron chi connectivity index (χ0n) is 47.9. The Labute approximate surface area is 458 Å². The Morgan fingerprint density at radius 3 is 2.21 bits per heavy atom. The van der Waals surface area contributed by atoms with Crippen molar-refractivity contribution >= 4 is 34.6 Å². The lowest BCUT2D eigenvalue weighted by Crippen LogP contribution is -2.61. The largest absolute Gasteiger partial charge is 0.477 e. The Balaban J connectivity index is 1.16. The maximum atomic E-state index is 14.5. The number of aromatic nitrogens is 1. The zero-order valence-corrected chi connectivity index (χ0v) is 47.9. The summed E-state index contributed by atoms with van der Waals surface area (Å²) in [4.78, 5) is 69.2. The fourth-order valence-electron chi connectivity index (χ4n) is 11.8. The third kappa shape index (κ3) is 14.1. The number of morpholine rings is 1. The molecule has 5 N–H and O–H groups in total. The van der Waals surface area contributed by atoms with Gasteiger partial charge in [0.25, 0.3) is 0 Å². The molecule has 4 aliphatic heterocycles. The lowest BCUT2D eigenvalue weighted by atomic mass is 9.75. The number of fused-ring (bicyclic) bond motifs is 1. The minimum absolute atomic E-state index is 0.0250. The molecule has 22 heteroatoms. The highest BCUT2D eigenvalue weighted by atomic mass is 16.7. The topological polar surface area (TPSA) is 273 Å². The number of carbonyl (C=O) groups excluding carboxylic acids is 3. The van der Waals surface area contributed by atoms with Crippen LogP contribution in [0.15, 0.2) is 29.2 Å². The molecular formula is C56H88N4O18. The van der Waals surface area contributed by atoms with Crippen LogP contribution in [-0.2, 0) is 63.4 Å². The second-order valence-corrected chi connectivity index (χ2v) is 22.8. The standard InChI is InChI=1S/C56H88N4O18/c1-14-41-56(9,69)48(65)44(62)31(2)28-54(7,70-12)49(78-53-46(64)40(58(10)11)26-32(3)73-53)33(4)47(34(5)52(68)75-41)77-43-29-55(8,71-13)50(35(6)74-43)76-42(61)19-21-57-20-15-16-36-17-18-39-37(27-36)45(63)38(51(66)67)30-60(39)59-22-24-72-25-23-59/h17-18,27,30-35,40-41,43,46-50,53,57,64-65,69H,14-16,19-26,28-29H2,1-13H3,(H,66,67)/t31-,32-,33+,34-,35+,40+,41-,43+,46-,47+,48-,49-,50+,53+,54-,55-,56-/m1/s1. The minimum Gasteiger partial charge on any atom is -0.477 e. The summed E-state index contributed by atoms with van der Waals surface area (Å²) < 4.78 is 58.2. The fraction of sp³-hybridized carbons (Fsp3) is 0.768. The summed E-state index contributed by atoms with van der Waals surface area (Å²) in [6.07, 6.45) is -7.54. The second-order valence-electron chi connectivity index (χ2n) is 22.8. The molecule has 4 aliphatic rings. The van der Waals surface area contributed by atoms with E-state index in [4.69, 9.17) is 42.6 Å². The minimum atomic E-state index is -2.18. The number of aromatic carboxylic acids is 1. The number of hydrogen-bond donors (Lipinski definition) is 5. The number of likely N-dealkylation sites (N-methyl/N-ethyl adjacent to an activating group) is 1. The molecule has 1 aromatic heterocycles. The number of rotatable bonds is 18. The molecule has 2 aromatic rings. The van der Waals surface area contributed by atoms with Gasteiger partial charge in [-0.2, -0.15) is 0 Å². The van der Waals surface area contributed by atoms with E-state index >= 15 is 0 Å². The van der Waals surface area contributed by atoms with Crippen LogP contribution >= 0.6 is 0 Å². The number of ketones is 1. The molecule has 5 heterocycles. The normalized spacial score (nSPS) is 36.6. The number of Topliss-reactive ketones (excluding diaryl/α,β-unsaturated/α-hetero) is 1. The van der Waals surface area contributed by atoms with E-state index in [1.54, 1.807) is 59.2 Å². The fourth-order valence-corrected chi connectivity index (χ4v) is 11.8. The first-order valence-electron chi connectivity index (χ1n) is 27.6. The third-order valence-corrected chi connectivity index (χ3v) is 16.7. The van der Waals surface area contributed by atoms with Crippen molar-refractivity contribution in [3.63, 3.8) is 0 Å². The number of aryl methyl sites for hydroxylation is 1. The molecule has 1 aromatic carbocycles. The van der Waals surface area contributed by atoms with Crippen molar-refractivity contribution in [3.8, 4) is 0 Å². The van der Waals surface area contributed by atoms with Crippen molar-refractivity contribution in [1.82, 2.24) is 14.9 Å². The first kappa shape index (κ1) is 63.0. The molecule has 0 bridgehead atoms. The van der Waals surface area contributed by atoms with E-state index in [2.05, 4.69) is 5.32 Å². The number of methoxy groups -OCH3 is 2. The number of nitrogens with one attached hydrogen (secondary N) is 1. The van der Waals surface area contributed by atoms with Gasteiger partial charge in [0.1, 0.15) is 35.1 Å². The van der Waals surface area contributed by atoms with E-state index in [1.165, 1.54) is 27.3 Å². The number of pyridine rings is 1. The highest BCUT2D eigenvalue weighted by Crippen LogP contribution is 2.42. The number of carbonyl (C=O) groups is 4. The van der Waals surface area contributed by atoms with Gasteiger partial charge in [-0.1, -0.05) is 26.8 Å². The number of aliphatic hydroxyl groups is 3. The molecular weight excluding hydrogens is 1020 g/mol. The third-order valence-electron chi connectivity index (χ3n) is 16.7. The van der Waals surface area contributed by atoms with E-state index in [0.717, 1.165) is 5.56 Å². The Bertz CT molecular complexity index is 2430. The molecule has 4 saturated heterocycles. The number of aliphatic hydroxyl groups excluding tert-OH is 2. The van der Waals surface area contributed by atoms with Gasteiger partial charge < -0.3 is 78.3 Å². The SMILES string of the molecule is CC[C@H]1OC(=O)[C@H](C)[C@@H](O[C@H]2C[C@@](C)(OC)[C@@H](OC(=O)CCNCCCc3ccc4c(c3)c(=O)c(C(=O)O)cn4N3CCOCC3)[C@H](C)O2)[C@H](C)[C@@H](O[C@@H]2O[C@H](C)C[C@H](N(C)C)[C@H]2O)[C@](C)(OC)C[C@@H](C)C(=O)[C@@H](O)[C@]1(C)O. The van der Waals surface area contributed by atoms with Gasteiger partial charge in [-0.25, -0.2) is 4.79 Å². The van der Waals surface area contributed by atoms with Crippen molar-refractivity contribution in [1.29, 1.82) is 0 Å². The molecule has 22 nitrogen and oxygen atoms in total. The maximum Gasteiger partial charge on any atom is 0.341 e. The number of nitrogens with zero attached hydrogens (tertiary/aromatic N) is 3. The monoisotopic (exact) mass is 1100 g/mol. The second kappa shape index (κ2) is 26.6. The highest BCUT2D eigenvalue weighted by Gasteiger charge is 2.55. The molecule has 0 radical (unpaired) electrons. The van der Waals surface area contributed by atoms with Crippen LogP contribution in [0.4, 0.5) is 0 Å². The number of ether oxygens (including phenoxy) is 9. The number of carboxylic acid groups (broad SMARTS) is 1. The van der Waals surface area contributed by atoms with Crippen LogP contribution in [0.1, 0.15) is 117 Å². The Morgan fingerprint density at radius 2 is 1.58 bits per heavy atom. The number of hydrogen-bond acceptors (Lipinski definition) is 20. The summed E-state index contributed by atoms with van der Waals surface area (Å²) in [6, 6.07) is 5.17. The summed E-state index contributed by atoms with van der Waals surface area (Å²) in [5.74, 6) is -6.12. The highest BCUT2D eigenvalue weighted by molar-refractivity contribution is 5.93. The van der Waals surface area contributed by atoms with Gasteiger partial charge in [0.2, 0.25) is 5.43 Å². The molecule has 440 valence electrons. The molecule has 17 atom stereocenters. The van der Waals surface area contributed by atoms with Crippen LogP contribution in [0, 0.1) is 17.8 Å². The van der Waals surface area contributed by atoms with Crippen LogP contribution in [0.2, 0.25) is 0 Å². The molecule has 6 rings (SSSR count). The zero-order chi connectivity index (χ0) is 57.6. The van der Waals surface area contributed by atoms with E-state index in [1.807, 2.05) is 43.1 Å². The first-order valence-corrected chi connectivity index (χ1v) is 27.6. The Hall–Kier alpha value is -4.17. The molecule has 78 heavy (non-hydrogen) atoms. The van der Waals surface area contributed by atoms with Crippen LogP contribution < -0.4 is 15.8 Å². The van der Waals surface area contributed by atoms with Crippen molar-refractivity contribution in [2.45, 2.75) is 192 Å². The van der Waals surface area contributed by atoms with Crippen molar-refractivity contribution in [2.75, 3.05) is 72.7 Å². The van der Waals surface area contributed by atoms with Gasteiger partial charge in [0, 0.05) is 56.6 Å². The Morgan fingerprint density at radius 1 is 0.910 bits per heavy atom. The van der Waals surface area contributed by atoms with E-state index in [0.29, 0.717) is 69.6 Å². The average molecular weight is 1110 g/mol. The van der Waals surface area contributed by atoms with Gasteiger partial charge in [-0.05, 0) is 112 Å². The van der Waals surface area contributed by atoms with Gasteiger partial charge in [-0.3, -0.25) is 23.9 Å². The summed E-state index contributed by atoms with van der Waals surface area (Å²) in [7, 11) is 6.67. The van der Waals surface area contributed by atoms with Crippen LogP contribution in [0.5, 0.6) is 0 Å². The maximum absolute atomic E-state index is 14.5. The molecule has 4 fully saturated rings. The van der Waals surface area contributed by atoms with Crippen LogP contribution in [-0.4, -0.2) is 206 Å². The van der Waals surface area contributed by atoms with Crippen LogP contribution in [0.25, 0.3) is 10.9 Å². The molecule has 0 spiro atoms. The van der Waals surface area contributed by atoms with Gasteiger partial charge in [0.15, 0.2) is 24.5 Å². The predicted molar refractivity (Wildman–Crippen MR) is 286 cm³/mol. The average Bonchev–Trinajstić information content (AvgIpc) is 3.42. The quantitative estimate of drug-likeness (QED) is 0.106. The smallest absolute Gasteiger partial charge is 0.341 e. The number of carboxylic acids is 1. The summed E-state index contributed by atoms with van der Waals surface area (Å²) in [5, 5.41) is 50.3. The number of esters is 2. The molecule has 0 amide bonds.